The monoisotopic (exact) mass is 390 g/mol. The second kappa shape index (κ2) is 9.55. The minimum atomic E-state index is -0.367. The van der Waals surface area contributed by atoms with Crippen LogP contribution in [0.1, 0.15) is 65.3 Å². The van der Waals surface area contributed by atoms with Gasteiger partial charge < -0.3 is 4.74 Å². The van der Waals surface area contributed by atoms with E-state index in [4.69, 9.17) is 4.74 Å². The van der Waals surface area contributed by atoms with Crippen molar-refractivity contribution in [2.75, 3.05) is 0 Å². The van der Waals surface area contributed by atoms with Crippen LogP contribution in [-0.2, 0) is 6.42 Å². The third-order valence-electron chi connectivity index (χ3n) is 5.09. The lowest BCUT2D eigenvalue weighted by Gasteiger charge is -2.11. The molecule has 0 fully saturated rings. The van der Waals surface area contributed by atoms with Crippen molar-refractivity contribution in [2.45, 2.75) is 59.8 Å². The molecule has 0 aliphatic carbocycles. The fourth-order valence-corrected chi connectivity index (χ4v) is 3.48. The Morgan fingerprint density at radius 3 is 2.41 bits per heavy atom. The first-order valence-electron chi connectivity index (χ1n) is 10.4. The number of hydrogen-bond donors (Lipinski definition) is 0. The predicted octanol–water partition coefficient (Wildman–Crippen LogP) is 6.14. The predicted molar refractivity (Wildman–Crippen MR) is 117 cm³/mol. The zero-order valence-electron chi connectivity index (χ0n) is 17.9. The van der Waals surface area contributed by atoms with E-state index in [9.17, 15) is 4.79 Å². The first-order chi connectivity index (χ1) is 14.0. The quantitative estimate of drug-likeness (QED) is 0.343. The lowest BCUT2D eigenvalue weighted by Crippen LogP contribution is -2.12. The normalized spacial score (nSPS) is 10.9. The van der Waals surface area contributed by atoms with Crippen LogP contribution in [0, 0.1) is 20.8 Å². The molecule has 2 aromatic carbocycles. The topological polar surface area (TPSA) is 44.1 Å². The number of aromatic nitrogens is 2. The first kappa shape index (κ1) is 20.8. The molecule has 1 aromatic heterocycles. The molecule has 3 rings (SSSR count). The van der Waals surface area contributed by atoms with Crippen molar-refractivity contribution in [3.8, 4) is 11.6 Å². The van der Waals surface area contributed by atoms with E-state index >= 15 is 0 Å². The van der Waals surface area contributed by atoms with Gasteiger partial charge in [-0.25, -0.2) is 9.48 Å². The summed E-state index contributed by atoms with van der Waals surface area (Å²) in [7, 11) is 0. The molecule has 0 atom stereocenters. The maximum absolute atomic E-state index is 12.7. The van der Waals surface area contributed by atoms with Gasteiger partial charge in [-0.05, 0) is 62.9 Å². The number of unbranched alkanes of at least 4 members (excludes halogenated alkanes) is 3. The van der Waals surface area contributed by atoms with Gasteiger partial charge in [0.25, 0.3) is 0 Å². The van der Waals surface area contributed by atoms with E-state index in [-0.39, 0.29) is 5.97 Å². The number of benzene rings is 2. The summed E-state index contributed by atoms with van der Waals surface area (Å²) in [5, 5.41) is 4.52. The molecule has 0 spiro atoms. The maximum atomic E-state index is 12.7. The average Bonchev–Trinajstić information content (AvgIpc) is 3.05. The van der Waals surface area contributed by atoms with Gasteiger partial charge in [0.1, 0.15) is 0 Å². The number of rotatable bonds is 8. The van der Waals surface area contributed by atoms with E-state index in [1.165, 1.54) is 36.8 Å². The van der Waals surface area contributed by atoms with E-state index in [1.54, 1.807) is 10.7 Å². The minimum Gasteiger partial charge on any atom is -0.404 e. The molecule has 152 valence electrons. The van der Waals surface area contributed by atoms with Gasteiger partial charge in [0.2, 0.25) is 5.88 Å². The van der Waals surface area contributed by atoms with Crippen molar-refractivity contribution >= 4 is 5.97 Å². The number of carbonyl (C=O) groups is 1. The van der Waals surface area contributed by atoms with E-state index in [2.05, 4.69) is 25.0 Å². The summed E-state index contributed by atoms with van der Waals surface area (Å²) < 4.78 is 7.41. The van der Waals surface area contributed by atoms with Crippen molar-refractivity contribution in [1.82, 2.24) is 9.78 Å². The van der Waals surface area contributed by atoms with Crippen molar-refractivity contribution in [2.24, 2.45) is 0 Å². The van der Waals surface area contributed by atoms with Crippen LogP contribution in [0.2, 0.25) is 0 Å². The molecule has 0 aliphatic heterocycles. The van der Waals surface area contributed by atoms with E-state index in [0.717, 1.165) is 23.4 Å². The van der Waals surface area contributed by atoms with Crippen LogP contribution in [0.4, 0.5) is 0 Å². The zero-order chi connectivity index (χ0) is 20.8. The van der Waals surface area contributed by atoms with Gasteiger partial charge >= 0.3 is 5.97 Å². The summed E-state index contributed by atoms with van der Waals surface area (Å²) in [6.45, 7) is 8.20. The highest BCUT2D eigenvalue weighted by atomic mass is 16.5. The molecule has 0 unspecified atom stereocenters. The van der Waals surface area contributed by atoms with E-state index < -0.39 is 0 Å². The molecule has 1 heterocycles. The highest BCUT2D eigenvalue weighted by Crippen LogP contribution is 2.24. The summed E-state index contributed by atoms with van der Waals surface area (Å²) in [6.07, 6.45) is 6.00. The Bertz CT molecular complexity index is 971. The van der Waals surface area contributed by atoms with Gasteiger partial charge in [0, 0.05) is 6.07 Å². The lowest BCUT2D eigenvalue weighted by atomic mass is 10.0. The number of carbonyl (C=O) groups excluding carboxylic acids is 1. The summed E-state index contributed by atoms with van der Waals surface area (Å²) in [5.41, 5.74) is 5.78. The molecule has 0 saturated heterocycles. The van der Waals surface area contributed by atoms with Gasteiger partial charge in [0.05, 0.1) is 16.9 Å². The van der Waals surface area contributed by atoms with Crippen molar-refractivity contribution < 1.29 is 9.53 Å². The average molecular weight is 391 g/mol. The molecule has 3 aromatic rings. The molecular formula is C25H30N2O2. The molecule has 0 radical (unpaired) electrons. The van der Waals surface area contributed by atoms with Gasteiger partial charge in [-0.2, -0.15) is 5.10 Å². The van der Waals surface area contributed by atoms with Crippen molar-refractivity contribution in [1.29, 1.82) is 0 Å². The molecule has 0 amide bonds. The summed E-state index contributed by atoms with van der Waals surface area (Å²) in [6, 6.07) is 15.7. The standard InChI is InChI=1S/C25H30N2O2/c1-5-6-7-8-9-21-11-13-22(14-12-21)25(28)29-24-17-20(4)26-27(24)23-15-10-18(2)16-19(23)3/h10-17H,5-9H2,1-4H3. The number of ether oxygens (including phenoxy) is 1. The van der Waals surface area contributed by atoms with E-state index in [1.807, 2.05) is 50.2 Å². The Labute approximate surface area is 173 Å². The Hall–Kier alpha value is -2.88. The Balaban J connectivity index is 1.73. The number of esters is 1. The fraction of sp³-hybridized carbons (Fsp3) is 0.360. The summed E-state index contributed by atoms with van der Waals surface area (Å²) in [4.78, 5) is 12.7. The molecule has 0 saturated carbocycles. The van der Waals surface area contributed by atoms with Crippen LogP contribution in [-0.4, -0.2) is 15.7 Å². The number of nitrogens with zero attached hydrogens (tertiary/aromatic N) is 2. The van der Waals surface area contributed by atoms with Crippen LogP contribution in [0.25, 0.3) is 5.69 Å². The van der Waals surface area contributed by atoms with Gasteiger partial charge in [-0.1, -0.05) is 56.0 Å². The van der Waals surface area contributed by atoms with Crippen LogP contribution < -0.4 is 4.74 Å². The van der Waals surface area contributed by atoms with Crippen molar-refractivity contribution in [3.63, 3.8) is 0 Å². The molecule has 0 bridgehead atoms. The minimum absolute atomic E-state index is 0.367. The Kier molecular flexibility index (Phi) is 6.86. The van der Waals surface area contributed by atoms with Gasteiger partial charge in [-0.3, -0.25) is 0 Å². The highest BCUT2D eigenvalue weighted by molar-refractivity contribution is 5.91. The SMILES string of the molecule is CCCCCCc1ccc(C(=O)Oc2cc(C)nn2-c2ccc(C)cc2C)cc1. The van der Waals surface area contributed by atoms with Crippen LogP contribution >= 0.6 is 0 Å². The highest BCUT2D eigenvalue weighted by Gasteiger charge is 2.16. The van der Waals surface area contributed by atoms with Gasteiger partial charge in [0.15, 0.2) is 0 Å². The van der Waals surface area contributed by atoms with E-state index in [0.29, 0.717) is 11.4 Å². The fourth-order valence-electron chi connectivity index (χ4n) is 3.48. The maximum Gasteiger partial charge on any atom is 0.344 e. The second-order valence-corrected chi connectivity index (χ2v) is 7.72. The Morgan fingerprint density at radius 1 is 0.966 bits per heavy atom. The third kappa shape index (κ3) is 5.35. The first-order valence-corrected chi connectivity index (χ1v) is 10.4. The molecule has 0 aliphatic rings. The lowest BCUT2D eigenvalue weighted by molar-refractivity contribution is 0.0723. The largest absolute Gasteiger partial charge is 0.404 e. The van der Waals surface area contributed by atoms with Crippen LogP contribution in [0.3, 0.4) is 0 Å². The summed E-state index contributed by atoms with van der Waals surface area (Å²) >= 11 is 0. The zero-order valence-corrected chi connectivity index (χ0v) is 17.9. The second-order valence-electron chi connectivity index (χ2n) is 7.72. The van der Waals surface area contributed by atoms with Crippen LogP contribution in [0.5, 0.6) is 5.88 Å². The van der Waals surface area contributed by atoms with Gasteiger partial charge in [-0.15, -0.1) is 0 Å². The molecule has 4 heteroatoms. The van der Waals surface area contributed by atoms with Crippen LogP contribution in [0.15, 0.2) is 48.5 Å². The molecule has 4 nitrogen and oxygen atoms in total. The Morgan fingerprint density at radius 2 is 1.72 bits per heavy atom. The molecule has 29 heavy (non-hydrogen) atoms. The number of hydrogen-bond acceptors (Lipinski definition) is 3. The third-order valence-corrected chi connectivity index (χ3v) is 5.09. The number of aryl methyl sites for hydroxylation is 4. The van der Waals surface area contributed by atoms with Crippen molar-refractivity contribution in [3.05, 3.63) is 76.5 Å². The molecular weight excluding hydrogens is 360 g/mol. The smallest absolute Gasteiger partial charge is 0.344 e. The summed E-state index contributed by atoms with van der Waals surface area (Å²) in [5.74, 6) is 0.0662. The molecule has 0 N–H and O–H groups in total.